The van der Waals surface area contributed by atoms with Crippen molar-refractivity contribution in [1.82, 2.24) is 24.8 Å². The Labute approximate surface area is 107 Å². The molecule has 0 saturated heterocycles. The van der Waals surface area contributed by atoms with Crippen LogP contribution in [0.2, 0.25) is 0 Å². The van der Waals surface area contributed by atoms with Crippen LogP contribution in [0.3, 0.4) is 0 Å². The molecule has 0 spiro atoms. The first kappa shape index (κ1) is 12.3. The van der Waals surface area contributed by atoms with Crippen LogP contribution < -0.4 is 0 Å². The average molecular weight is 300 g/mol. The fourth-order valence-electron chi connectivity index (χ4n) is 1.56. The van der Waals surface area contributed by atoms with Crippen molar-refractivity contribution in [2.45, 2.75) is 26.0 Å². The molecule has 2 aromatic heterocycles. The van der Waals surface area contributed by atoms with Gasteiger partial charge in [0.2, 0.25) is 0 Å². The Hall–Kier alpha value is -1.21. The summed E-state index contributed by atoms with van der Waals surface area (Å²) in [7, 11) is 1.74. The molecule has 0 aliphatic heterocycles. The molecule has 0 amide bonds. The lowest BCUT2D eigenvalue weighted by atomic mass is 10.1. The summed E-state index contributed by atoms with van der Waals surface area (Å²) in [4.78, 5) is 0. The van der Waals surface area contributed by atoms with Gasteiger partial charge in [-0.2, -0.15) is 5.10 Å². The largest absolute Gasteiger partial charge is 0.382 e. The normalized spacial score (nSPS) is 13.3. The first-order valence-corrected chi connectivity index (χ1v) is 6.07. The van der Waals surface area contributed by atoms with Crippen molar-refractivity contribution in [3.05, 3.63) is 28.3 Å². The van der Waals surface area contributed by atoms with Crippen molar-refractivity contribution < 1.29 is 5.11 Å². The SMILES string of the molecule is CC(C)n1cc(C(O)c2c(Br)nnn2C)cn1. The van der Waals surface area contributed by atoms with E-state index >= 15 is 0 Å². The molecule has 2 aromatic rings. The fraction of sp³-hybridized carbons (Fsp3) is 0.500. The first-order valence-electron chi connectivity index (χ1n) is 5.28. The van der Waals surface area contributed by atoms with Crippen LogP contribution in [0, 0.1) is 0 Å². The van der Waals surface area contributed by atoms with Crippen molar-refractivity contribution in [3.63, 3.8) is 0 Å². The van der Waals surface area contributed by atoms with E-state index in [2.05, 4.69) is 31.3 Å². The molecule has 6 nitrogen and oxygen atoms in total. The lowest BCUT2D eigenvalue weighted by Gasteiger charge is -2.09. The molecule has 1 N–H and O–H groups in total. The highest BCUT2D eigenvalue weighted by molar-refractivity contribution is 9.10. The number of aliphatic hydroxyl groups excluding tert-OH is 1. The van der Waals surface area contributed by atoms with Crippen LogP contribution in [0.15, 0.2) is 17.0 Å². The first-order chi connectivity index (χ1) is 8.00. The number of aliphatic hydroxyl groups is 1. The van der Waals surface area contributed by atoms with Gasteiger partial charge in [0.05, 0.1) is 6.20 Å². The smallest absolute Gasteiger partial charge is 0.154 e. The molecular weight excluding hydrogens is 286 g/mol. The van der Waals surface area contributed by atoms with Crippen LogP contribution in [-0.4, -0.2) is 29.9 Å². The van der Waals surface area contributed by atoms with Crippen LogP contribution in [0.4, 0.5) is 0 Å². The van der Waals surface area contributed by atoms with Crippen LogP contribution in [-0.2, 0) is 7.05 Å². The van der Waals surface area contributed by atoms with Gasteiger partial charge < -0.3 is 5.11 Å². The second-order valence-electron chi connectivity index (χ2n) is 4.14. The van der Waals surface area contributed by atoms with Crippen molar-refractivity contribution in [2.24, 2.45) is 7.05 Å². The van der Waals surface area contributed by atoms with Gasteiger partial charge in [-0.1, -0.05) is 5.21 Å². The third kappa shape index (κ3) is 2.25. The van der Waals surface area contributed by atoms with Gasteiger partial charge in [-0.3, -0.25) is 4.68 Å². The predicted octanol–water partition coefficient (Wildman–Crippen LogP) is 1.44. The Bertz CT molecular complexity index is 499. The minimum atomic E-state index is -0.781. The Morgan fingerprint density at radius 2 is 2.12 bits per heavy atom. The molecule has 7 heteroatoms. The van der Waals surface area contributed by atoms with Crippen LogP contribution >= 0.6 is 15.9 Å². The Balaban J connectivity index is 2.33. The highest BCUT2D eigenvalue weighted by Gasteiger charge is 2.21. The maximum atomic E-state index is 10.3. The number of hydrogen-bond donors (Lipinski definition) is 1. The predicted molar refractivity (Wildman–Crippen MR) is 65.4 cm³/mol. The van der Waals surface area contributed by atoms with Crippen molar-refractivity contribution in [2.75, 3.05) is 0 Å². The molecule has 0 aliphatic carbocycles. The molecule has 2 heterocycles. The number of hydrogen-bond acceptors (Lipinski definition) is 4. The molecule has 0 saturated carbocycles. The van der Waals surface area contributed by atoms with Crippen molar-refractivity contribution in [3.8, 4) is 0 Å². The van der Waals surface area contributed by atoms with E-state index in [0.717, 1.165) is 5.56 Å². The zero-order valence-corrected chi connectivity index (χ0v) is 11.5. The van der Waals surface area contributed by atoms with Gasteiger partial charge in [0.25, 0.3) is 0 Å². The number of aromatic nitrogens is 5. The van der Waals surface area contributed by atoms with E-state index in [1.54, 1.807) is 22.6 Å². The molecule has 1 unspecified atom stereocenters. The molecule has 0 aliphatic rings. The summed E-state index contributed by atoms with van der Waals surface area (Å²) >= 11 is 3.27. The highest BCUT2D eigenvalue weighted by atomic mass is 79.9. The number of rotatable bonds is 3. The van der Waals surface area contributed by atoms with E-state index in [1.807, 2.05) is 20.0 Å². The van der Waals surface area contributed by atoms with E-state index in [-0.39, 0.29) is 6.04 Å². The zero-order chi connectivity index (χ0) is 12.6. The minimum Gasteiger partial charge on any atom is -0.382 e. The standard InChI is InChI=1S/C10H14BrN5O/c1-6(2)16-5-7(4-12-16)9(17)8-10(11)13-14-15(8)3/h4-6,9,17H,1-3H3. The highest BCUT2D eigenvalue weighted by Crippen LogP contribution is 2.26. The number of aryl methyl sites for hydroxylation is 1. The summed E-state index contributed by atoms with van der Waals surface area (Å²) in [5, 5.41) is 22.1. The van der Waals surface area contributed by atoms with E-state index in [0.29, 0.717) is 10.3 Å². The summed E-state index contributed by atoms with van der Waals surface area (Å²) in [6.07, 6.45) is 2.70. The van der Waals surface area contributed by atoms with Gasteiger partial charge in [-0.25, -0.2) is 4.68 Å². The zero-order valence-electron chi connectivity index (χ0n) is 9.87. The van der Waals surface area contributed by atoms with Crippen LogP contribution in [0.1, 0.15) is 37.3 Å². The second-order valence-corrected chi connectivity index (χ2v) is 4.89. The Morgan fingerprint density at radius 3 is 2.59 bits per heavy atom. The Kier molecular flexibility index (Phi) is 3.30. The molecule has 17 heavy (non-hydrogen) atoms. The molecule has 0 fully saturated rings. The fourth-order valence-corrected chi connectivity index (χ4v) is 2.11. The summed E-state index contributed by atoms with van der Waals surface area (Å²) < 4.78 is 3.89. The quantitative estimate of drug-likeness (QED) is 0.931. The Morgan fingerprint density at radius 1 is 1.41 bits per heavy atom. The van der Waals surface area contributed by atoms with Crippen molar-refractivity contribution in [1.29, 1.82) is 0 Å². The summed E-state index contributed by atoms with van der Waals surface area (Å²) in [6, 6.07) is 0.268. The lowest BCUT2D eigenvalue weighted by Crippen LogP contribution is -2.07. The van der Waals surface area contributed by atoms with Crippen LogP contribution in [0.25, 0.3) is 0 Å². The van der Waals surface area contributed by atoms with Crippen molar-refractivity contribution >= 4 is 15.9 Å². The maximum Gasteiger partial charge on any atom is 0.154 e. The van der Waals surface area contributed by atoms with E-state index < -0.39 is 6.10 Å². The third-order valence-corrected chi connectivity index (χ3v) is 3.12. The third-order valence-electron chi connectivity index (χ3n) is 2.55. The molecule has 0 aromatic carbocycles. The number of halogens is 1. The molecule has 1 atom stereocenters. The molecule has 0 bridgehead atoms. The van der Waals surface area contributed by atoms with Gasteiger partial charge in [0, 0.05) is 24.8 Å². The lowest BCUT2D eigenvalue weighted by molar-refractivity contribution is 0.209. The van der Waals surface area contributed by atoms with Gasteiger partial charge >= 0.3 is 0 Å². The topological polar surface area (TPSA) is 68.8 Å². The van der Waals surface area contributed by atoms with Crippen LogP contribution in [0.5, 0.6) is 0 Å². The maximum absolute atomic E-state index is 10.3. The minimum absolute atomic E-state index is 0.268. The average Bonchev–Trinajstić information content (AvgIpc) is 2.85. The van der Waals surface area contributed by atoms with Gasteiger partial charge in [0.15, 0.2) is 4.60 Å². The molecular formula is C10H14BrN5O. The van der Waals surface area contributed by atoms with E-state index in [1.165, 1.54) is 0 Å². The molecule has 2 rings (SSSR count). The summed E-state index contributed by atoms with van der Waals surface area (Å²) in [5.74, 6) is 0. The summed E-state index contributed by atoms with van der Waals surface area (Å²) in [5.41, 5.74) is 1.35. The van der Waals surface area contributed by atoms with E-state index in [9.17, 15) is 5.11 Å². The second kappa shape index (κ2) is 4.58. The number of nitrogens with zero attached hydrogens (tertiary/aromatic N) is 5. The monoisotopic (exact) mass is 299 g/mol. The van der Waals surface area contributed by atoms with Gasteiger partial charge in [-0.05, 0) is 29.8 Å². The molecule has 92 valence electrons. The van der Waals surface area contributed by atoms with Gasteiger partial charge in [0.1, 0.15) is 11.8 Å². The van der Waals surface area contributed by atoms with Gasteiger partial charge in [-0.15, -0.1) is 5.10 Å². The van der Waals surface area contributed by atoms with E-state index in [4.69, 9.17) is 0 Å². The summed E-state index contributed by atoms with van der Waals surface area (Å²) in [6.45, 7) is 4.06. The molecule has 0 radical (unpaired) electrons.